The fourth-order valence-corrected chi connectivity index (χ4v) is 6.29. The second-order valence-electron chi connectivity index (χ2n) is 10.0. The lowest BCUT2D eigenvalue weighted by atomic mass is 10.0. The van der Waals surface area contributed by atoms with E-state index in [1.807, 2.05) is 50.4 Å². The van der Waals surface area contributed by atoms with Gasteiger partial charge in [0.2, 0.25) is 15.9 Å². The number of hydrogen-bond acceptors (Lipinski definition) is 7. The van der Waals surface area contributed by atoms with Crippen LogP contribution in [0.15, 0.2) is 88.7 Å². The molecule has 1 amide bonds. The van der Waals surface area contributed by atoms with Gasteiger partial charge in [-0.2, -0.15) is 4.31 Å². The van der Waals surface area contributed by atoms with Gasteiger partial charge >= 0.3 is 0 Å². The number of aliphatic hydroxyl groups is 1. The number of phenols is 1. The number of sulfonamides is 1. The van der Waals surface area contributed by atoms with E-state index >= 15 is 0 Å². The van der Waals surface area contributed by atoms with E-state index in [-0.39, 0.29) is 35.4 Å². The number of carbonyl (C=O) groups is 1. The number of methoxy groups -OCH3 is 1. The van der Waals surface area contributed by atoms with E-state index < -0.39 is 28.1 Å². The minimum Gasteiger partial charge on any atom is -0.504 e. The number of phenolic OH excluding ortho intramolecular Hbond substituents is 1. The maximum absolute atomic E-state index is 13.6. The van der Waals surface area contributed by atoms with Crippen LogP contribution < -0.4 is 10.1 Å². The molecule has 0 bridgehead atoms. The van der Waals surface area contributed by atoms with Crippen LogP contribution in [-0.4, -0.2) is 67.4 Å². The Hall–Kier alpha value is -3.31. The molecule has 0 spiro atoms. The van der Waals surface area contributed by atoms with Gasteiger partial charge in [0.25, 0.3) is 0 Å². The zero-order valence-corrected chi connectivity index (χ0v) is 25.4. The first-order valence-electron chi connectivity index (χ1n) is 13.2. The number of aromatic hydroxyl groups is 1. The zero-order chi connectivity index (χ0) is 30.0. The monoisotopic (exact) mass is 598 g/mol. The molecule has 0 aliphatic heterocycles. The van der Waals surface area contributed by atoms with Crippen LogP contribution in [0.2, 0.25) is 0 Å². The first-order chi connectivity index (χ1) is 19.5. The highest BCUT2D eigenvalue weighted by Crippen LogP contribution is 2.27. The number of carbonyl (C=O) groups excluding carboxylic acids is 1. The Labute approximate surface area is 247 Å². The number of rotatable bonds is 14. The van der Waals surface area contributed by atoms with Crippen LogP contribution in [0, 0.1) is 5.92 Å². The summed E-state index contributed by atoms with van der Waals surface area (Å²) in [5.74, 6) is -0.182. The highest BCUT2D eigenvalue weighted by Gasteiger charge is 2.31. The summed E-state index contributed by atoms with van der Waals surface area (Å²) in [4.78, 5) is 14.1. The lowest BCUT2D eigenvalue weighted by molar-refractivity contribution is -0.118. The molecule has 0 unspecified atom stereocenters. The zero-order valence-electron chi connectivity index (χ0n) is 23.7. The largest absolute Gasteiger partial charge is 0.504 e. The van der Waals surface area contributed by atoms with Crippen molar-refractivity contribution in [3.05, 3.63) is 90.0 Å². The molecule has 0 fully saturated rings. The Balaban J connectivity index is 1.84. The molecule has 0 aromatic heterocycles. The quantitative estimate of drug-likeness (QED) is 0.184. The van der Waals surface area contributed by atoms with Gasteiger partial charge in [0, 0.05) is 24.1 Å². The van der Waals surface area contributed by atoms with Crippen LogP contribution in [0.1, 0.15) is 25.0 Å². The molecular weight excluding hydrogens is 560 g/mol. The predicted molar refractivity (Wildman–Crippen MR) is 164 cm³/mol. The average Bonchev–Trinajstić information content (AvgIpc) is 2.96. The first kappa shape index (κ1) is 32.2. The SMILES string of the molecule is COc1cc(/C=C/C(=O)N[C@@H](Cc2ccccc2)[C@H](O)CN(CC(C)C)S(=O)(=O)c2ccc(SC)cc2)ccc1O. The summed E-state index contributed by atoms with van der Waals surface area (Å²) in [6, 6.07) is 20.0. The Morgan fingerprint density at radius 2 is 1.73 bits per heavy atom. The molecule has 0 saturated carbocycles. The standard InChI is InChI=1S/C31H38N2O6S2/c1-22(2)20-33(41(37,38)26-14-12-25(40-4)13-15-26)21-29(35)27(18-23-8-6-5-7-9-23)32-31(36)17-11-24-10-16-28(34)30(19-24)39-3/h5-17,19,22,27,29,34-35H,18,20-21H2,1-4H3,(H,32,36)/b17-11+/t27-,29+/m0/s1. The summed E-state index contributed by atoms with van der Waals surface area (Å²) in [5.41, 5.74) is 1.52. The fourth-order valence-electron chi connectivity index (χ4n) is 4.26. The van der Waals surface area contributed by atoms with Gasteiger partial charge in [0.05, 0.1) is 24.2 Å². The smallest absolute Gasteiger partial charge is 0.244 e. The lowest BCUT2D eigenvalue weighted by Gasteiger charge is -2.30. The van der Waals surface area contributed by atoms with Crippen molar-refractivity contribution >= 4 is 33.8 Å². The van der Waals surface area contributed by atoms with Gasteiger partial charge in [-0.25, -0.2) is 8.42 Å². The molecule has 220 valence electrons. The molecule has 0 heterocycles. The van der Waals surface area contributed by atoms with Crippen molar-refractivity contribution in [2.45, 2.75) is 42.2 Å². The maximum atomic E-state index is 13.6. The molecule has 3 N–H and O–H groups in total. The number of thioether (sulfide) groups is 1. The second-order valence-corrected chi connectivity index (χ2v) is 12.8. The molecule has 0 aliphatic rings. The molecule has 0 aliphatic carbocycles. The molecule has 3 rings (SSSR count). The summed E-state index contributed by atoms with van der Waals surface area (Å²) in [6.07, 6.45) is 3.92. The summed E-state index contributed by atoms with van der Waals surface area (Å²) < 4.78 is 33.7. The van der Waals surface area contributed by atoms with Crippen LogP contribution in [0.25, 0.3) is 6.08 Å². The molecule has 0 radical (unpaired) electrons. The fraction of sp³-hybridized carbons (Fsp3) is 0.323. The van der Waals surface area contributed by atoms with Crippen molar-refractivity contribution in [1.82, 2.24) is 9.62 Å². The van der Waals surface area contributed by atoms with Crippen LogP contribution in [0.3, 0.4) is 0 Å². The van der Waals surface area contributed by atoms with Crippen LogP contribution in [0.5, 0.6) is 11.5 Å². The van der Waals surface area contributed by atoms with Crippen molar-refractivity contribution in [3.63, 3.8) is 0 Å². The molecule has 10 heteroatoms. The third kappa shape index (κ3) is 9.36. The summed E-state index contributed by atoms with van der Waals surface area (Å²) in [7, 11) is -2.46. The average molecular weight is 599 g/mol. The van der Waals surface area contributed by atoms with E-state index in [9.17, 15) is 23.4 Å². The van der Waals surface area contributed by atoms with E-state index in [1.165, 1.54) is 35.3 Å². The Kier molecular flexibility index (Phi) is 11.8. The van der Waals surface area contributed by atoms with Gasteiger partial charge in [-0.1, -0.05) is 50.2 Å². The van der Waals surface area contributed by atoms with Gasteiger partial charge in [-0.15, -0.1) is 11.8 Å². The minimum atomic E-state index is -3.90. The Bertz CT molecular complexity index is 1410. The van der Waals surface area contributed by atoms with Gasteiger partial charge in [0.15, 0.2) is 11.5 Å². The molecule has 3 aromatic carbocycles. The molecule has 8 nitrogen and oxygen atoms in total. The van der Waals surface area contributed by atoms with E-state index in [1.54, 1.807) is 42.5 Å². The van der Waals surface area contributed by atoms with E-state index in [2.05, 4.69) is 5.32 Å². The summed E-state index contributed by atoms with van der Waals surface area (Å²) >= 11 is 1.52. The van der Waals surface area contributed by atoms with Crippen molar-refractivity contribution in [2.24, 2.45) is 5.92 Å². The summed E-state index contributed by atoms with van der Waals surface area (Å²) in [5, 5.41) is 24.1. The van der Waals surface area contributed by atoms with Gasteiger partial charge < -0.3 is 20.3 Å². The maximum Gasteiger partial charge on any atom is 0.244 e. The van der Waals surface area contributed by atoms with Gasteiger partial charge in [-0.3, -0.25) is 4.79 Å². The predicted octanol–water partition coefficient (Wildman–Crippen LogP) is 4.57. The third-order valence-electron chi connectivity index (χ3n) is 6.38. The van der Waals surface area contributed by atoms with Crippen molar-refractivity contribution < 1.29 is 28.2 Å². The van der Waals surface area contributed by atoms with E-state index in [0.29, 0.717) is 12.0 Å². The summed E-state index contributed by atoms with van der Waals surface area (Å²) in [6.45, 7) is 3.84. The van der Waals surface area contributed by atoms with Crippen molar-refractivity contribution in [3.8, 4) is 11.5 Å². The first-order valence-corrected chi connectivity index (χ1v) is 15.9. The number of hydrogen-bond donors (Lipinski definition) is 3. The Morgan fingerprint density at radius 3 is 2.34 bits per heavy atom. The number of aliphatic hydroxyl groups excluding tert-OH is 1. The highest BCUT2D eigenvalue weighted by atomic mass is 32.2. The van der Waals surface area contributed by atoms with E-state index in [4.69, 9.17) is 4.74 Å². The second kappa shape index (κ2) is 15.1. The minimum absolute atomic E-state index is 0.00911. The topological polar surface area (TPSA) is 116 Å². The number of nitrogens with zero attached hydrogens (tertiary/aromatic N) is 1. The molecular formula is C31H38N2O6S2. The van der Waals surface area contributed by atoms with Gasteiger partial charge in [0.1, 0.15) is 0 Å². The Morgan fingerprint density at radius 1 is 1.05 bits per heavy atom. The lowest BCUT2D eigenvalue weighted by Crippen LogP contribution is -2.50. The number of nitrogens with one attached hydrogen (secondary N) is 1. The van der Waals surface area contributed by atoms with Crippen LogP contribution in [-0.2, 0) is 21.2 Å². The van der Waals surface area contributed by atoms with E-state index in [0.717, 1.165) is 10.5 Å². The van der Waals surface area contributed by atoms with Crippen LogP contribution in [0.4, 0.5) is 0 Å². The van der Waals surface area contributed by atoms with Crippen molar-refractivity contribution in [2.75, 3.05) is 26.5 Å². The molecule has 41 heavy (non-hydrogen) atoms. The molecule has 3 aromatic rings. The van der Waals surface area contributed by atoms with Gasteiger partial charge in [-0.05, 0) is 72.2 Å². The number of ether oxygens (including phenoxy) is 1. The molecule has 2 atom stereocenters. The van der Waals surface area contributed by atoms with Crippen molar-refractivity contribution in [1.29, 1.82) is 0 Å². The van der Waals surface area contributed by atoms with Crippen LogP contribution >= 0.6 is 11.8 Å². The highest BCUT2D eigenvalue weighted by molar-refractivity contribution is 7.98. The third-order valence-corrected chi connectivity index (χ3v) is 8.97. The molecule has 0 saturated heterocycles. The normalized spacial score (nSPS) is 13.4. The number of amides is 1. The number of benzene rings is 3.